The third-order valence-electron chi connectivity index (χ3n) is 2.50. The number of hydrogen-bond donors (Lipinski definition) is 1. The van der Waals surface area contributed by atoms with Crippen LogP contribution in [0.2, 0.25) is 0 Å². The van der Waals surface area contributed by atoms with Gasteiger partial charge in [-0.2, -0.15) is 0 Å². The number of nitrogens with zero attached hydrogens (tertiary/aromatic N) is 2. The molecule has 1 saturated heterocycles. The molecule has 0 amide bonds. The van der Waals surface area contributed by atoms with Gasteiger partial charge in [-0.15, -0.1) is 0 Å². The molecule has 78 valence electrons. The highest BCUT2D eigenvalue weighted by Gasteiger charge is 2.19. The largest absolute Gasteiger partial charge is 0.309 e. The van der Waals surface area contributed by atoms with Crippen LogP contribution in [0, 0.1) is 0 Å². The second kappa shape index (κ2) is 4.94. The molecule has 0 bridgehead atoms. The van der Waals surface area contributed by atoms with Crippen LogP contribution in [0.5, 0.6) is 0 Å². The van der Waals surface area contributed by atoms with Crippen molar-refractivity contribution in [3.8, 4) is 0 Å². The Bertz CT molecular complexity index is 137. The van der Waals surface area contributed by atoms with E-state index in [1.165, 1.54) is 26.2 Å². The van der Waals surface area contributed by atoms with Crippen LogP contribution in [0.4, 0.5) is 0 Å². The smallest absolute Gasteiger partial charge is 0.0169 e. The first kappa shape index (κ1) is 11.0. The Morgan fingerprint density at radius 3 is 2.23 bits per heavy atom. The van der Waals surface area contributed by atoms with Crippen LogP contribution < -0.4 is 5.32 Å². The summed E-state index contributed by atoms with van der Waals surface area (Å²) in [4.78, 5) is 4.79. The van der Waals surface area contributed by atoms with Gasteiger partial charge in [0.15, 0.2) is 0 Å². The highest BCUT2D eigenvalue weighted by molar-refractivity contribution is 4.80. The molecule has 13 heavy (non-hydrogen) atoms. The summed E-state index contributed by atoms with van der Waals surface area (Å²) in [5, 5.41) is 3.54. The van der Waals surface area contributed by atoms with Gasteiger partial charge in [0.25, 0.3) is 0 Å². The van der Waals surface area contributed by atoms with Crippen LogP contribution in [-0.4, -0.2) is 62.2 Å². The van der Waals surface area contributed by atoms with E-state index >= 15 is 0 Å². The molecular formula is C10H23N3. The standard InChI is InChI=1S/C10H23N3/c1-9-7-13(6-5-12(3)4)8-10(2)11-9/h9-11H,5-8H2,1-4H3. The van der Waals surface area contributed by atoms with Crippen LogP contribution in [0.3, 0.4) is 0 Å². The van der Waals surface area contributed by atoms with Crippen molar-refractivity contribution in [1.29, 1.82) is 0 Å². The van der Waals surface area contributed by atoms with E-state index in [2.05, 4.69) is 43.1 Å². The first-order valence-electron chi connectivity index (χ1n) is 5.21. The molecule has 0 aromatic heterocycles. The predicted octanol–water partition coefficient (Wildman–Crippen LogP) is 0.230. The van der Waals surface area contributed by atoms with Crippen molar-refractivity contribution >= 4 is 0 Å². The lowest BCUT2D eigenvalue weighted by molar-refractivity contribution is 0.161. The summed E-state index contributed by atoms with van der Waals surface area (Å²) in [6.45, 7) is 9.27. The van der Waals surface area contributed by atoms with Crippen molar-refractivity contribution in [2.45, 2.75) is 25.9 Å². The van der Waals surface area contributed by atoms with Crippen LogP contribution in [0.15, 0.2) is 0 Å². The number of piperazine rings is 1. The highest BCUT2D eigenvalue weighted by Crippen LogP contribution is 2.03. The molecule has 3 nitrogen and oxygen atoms in total. The van der Waals surface area contributed by atoms with Gasteiger partial charge in [0.1, 0.15) is 0 Å². The molecular weight excluding hydrogens is 162 g/mol. The molecule has 0 saturated carbocycles. The van der Waals surface area contributed by atoms with Crippen LogP contribution in [0.1, 0.15) is 13.8 Å². The summed E-state index contributed by atoms with van der Waals surface area (Å²) < 4.78 is 0. The number of likely N-dealkylation sites (N-methyl/N-ethyl adjacent to an activating group) is 1. The van der Waals surface area contributed by atoms with E-state index < -0.39 is 0 Å². The molecule has 1 heterocycles. The van der Waals surface area contributed by atoms with E-state index in [-0.39, 0.29) is 0 Å². The summed E-state index contributed by atoms with van der Waals surface area (Å²) in [6.07, 6.45) is 0. The fourth-order valence-electron chi connectivity index (χ4n) is 1.96. The molecule has 2 unspecified atom stereocenters. The lowest BCUT2D eigenvalue weighted by Crippen LogP contribution is -2.55. The molecule has 0 aromatic rings. The first-order chi connectivity index (χ1) is 6.08. The summed E-state index contributed by atoms with van der Waals surface area (Å²) in [6, 6.07) is 1.29. The van der Waals surface area contributed by atoms with E-state index in [0.717, 1.165) is 0 Å². The van der Waals surface area contributed by atoms with Gasteiger partial charge in [-0.3, -0.25) is 4.90 Å². The topological polar surface area (TPSA) is 18.5 Å². The van der Waals surface area contributed by atoms with E-state index in [1.807, 2.05) is 0 Å². The van der Waals surface area contributed by atoms with Crippen LogP contribution in [-0.2, 0) is 0 Å². The zero-order chi connectivity index (χ0) is 9.84. The van der Waals surface area contributed by atoms with Gasteiger partial charge in [0.05, 0.1) is 0 Å². The zero-order valence-electron chi connectivity index (χ0n) is 9.38. The van der Waals surface area contributed by atoms with Gasteiger partial charge in [0.2, 0.25) is 0 Å². The Labute approximate surface area is 82.1 Å². The van der Waals surface area contributed by atoms with Gasteiger partial charge in [-0.05, 0) is 27.9 Å². The highest BCUT2D eigenvalue weighted by atomic mass is 15.2. The van der Waals surface area contributed by atoms with Crippen molar-refractivity contribution in [1.82, 2.24) is 15.1 Å². The van der Waals surface area contributed by atoms with Crippen LogP contribution in [0.25, 0.3) is 0 Å². The Balaban J connectivity index is 2.25. The quantitative estimate of drug-likeness (QED) is 0.679. The molecule has 0 aromatic carbocycles. The molecule has 0 spiro atoms. The summed E-state index contributed by atoms with van der Waals surface area (Å²) in [5.74, 6) is 0. The molecule has 1 N–H and O–H groups in total. The molecule has 1 rings (SSSR count). The van der Waals surface area contributed by atoms with Gasteiger partial charge in [-0.25, -0.2) is 0 Å². The molecule has 0 radical (unpaired) electrons. The van der Waals surface area contributed by atoms with E-state index in [0.29, 0.717) is 12.1 Å². The van der Waals surface area contributed by atoms with Gasteiger partial charge in [-0.1, -0.05) is 0 Å². The number of nitrogens with one attached hydrogen (secondary N) is 1. The molecule has 1 fully saturated rings. The molecule has 1 aliphatic rings. The molecule has 1 aliphatic heterocycles. The van der Waals surface area contributed by atoms with Crippen molar-refractivity contribution in [2.24, 2.45) is 0 Å². The third-order valence-corrected chi connectivity index (χ3v) is 2.50. The third kappa shape index (κ3) is 4.07. The van der Waals surface area contributed by atoms with Crippen molar-refractivity contribution in [3.63, 3.8) is 0 Å². The van der Waals surface area contributed by atoms with Crippen LogP contribution >= 0.6 is 0 Å². The van der Waals surface area contributed by atoms with Gasteiger partial charge in [0, 0.05) is 38.3 Å². The van der Waals surface area contributed by atoms with E-state index in [4.69, 9.17) is 0 Å². The number of hydrogen-bond acceptors (Lipinski definition) is 3. The Hall–Kier alpha value is -0.120. The average Bonchev–Trinajstić information content (AvgIpc) is 1.99. The Morgan fingerprint density at radius 2 is 1.77 bits per heavy atom. The molecule has 3 heteroatoms. The van der Waals surface area contributed by atoms with E-state index in [9.17, 15) is 0 Å². The SMILES string of the molecule is CC1CN(CCN(C)C)CC(C)N1. The second-order valence-electron chi connectivity index (χ2n) is 4.53. The Morgan fingerprint density at radius 1 is 1.23 bits per heavy atom. The average molecular weight is 185 g/mol. The number of rotatable bonds is 3. The zero-order valence-corrected chi connectivity index (χ0v) is 9.38. The minimum absolute atomic E-state index is 0.644. The summed E-state index contributed by atoms with van der Waals surface area (Å²) in [5.41, 5.74) is 0. The molecule has 2 atom stereocenters. The maximum absolute atomic E-state index is 3.54. The van der Waals surface area contributed by atoms with E-state index in [1.54, 1.807) is 0 Å². The molecule has 0 aliphatic carbocycles. The van der Waals surface area contributed by atoms with Crippen molar-refractivity contribution in [3.05, 3.63) is 0 Å². The minimum atomic E-state index is 0.644. The first-order valence-corrected chi connectivity index (χ1v) is 5.21. The minimum Gasteiger partial charge on any atom is -0.309 e. The van der Waals surface area contributed by atoms with Crippen molar-refractivity contribution < 1.29 is 0 Å². The summed E-state index contributed by atoms with van der Waals surface area (Å²) in [7, 11) is 4.27. The summed E-state index contributed by atoms with van der Waals surface area (Å²) >= 11 is 0. The maximum atomic E-state index is 3.54. The maximum Gasteiger partial charge on any atom is 0.0169 e. The predicted molar refractivity (Wildman–Crippen MR) is 57.1 cm³/mol. The lowest BCUT2D eigenvalue weighted by atomic mass is 10.1. The van der Waals surface area contributed by atoms with Crippen molar-refractivity contribution in [2.75, 3.05) is 40.3 Å². The second-order valence-corrected chi connectivity index (χ2v) is 4.53. The fraction of sp³-hybridized carbons (Fsp3) is 1.00. The monoisotopic (exact) mass is 185 g/mol. The normalized spacial score (nSPS) is 31.2. The van der Waals surface area contributed by atoms with Gasteiger partial charge >= 0.3 is 0 Å². The fourth-order valence-corrected chi connectivity index (χ4v) is 1.96. The van der Waals surface area contributed by atoms with Gasteiger partial charge < -0.3 is 10.2 Å². The lowest BCUT2D eigenvalue weighted by Gasteiger charge is -2.36. The Kier molecular flexibility index (Phi) is 4.16.